The molecule has 8 heteroatoms. The van der Waals surface area contributed by atoms with E-state index in [1.54, 1.807) is 4.90 Å². The van der Waals surface area contributed by atoms with Crippen molar-refractivity contribution >= 4 is 16.9 Å². The molecule has 0 saturated carbocycles. The number of nitrogens with one attached hydrogen (secondary N) is 1. The van der Waals surface area contributed by atoms with E-state index >= 15 is 0 Å². The number of unbranched alkanes of at least 4 members (excludes halogenated alkanes) is 1. The van der Waals surface area contributed by atoms with Crippen molar-refractivity contribution < 1.29 is 9.90 Å². The highest BCUT2D eigenvalue weighted by Crippen LogP contribution is 2.11. The van der Waals surface area contributed by atoms with E-state index in [2.05, 4.69) is 9.97 Å². The molecule has 0 radical (unpaired) electrons. The van der Waals surface area contributed by atoms with Gasteiger partial charge < -0.3 is 10.0 Å². The third kappa shape index (κ3) is 4.14. The first kappa shape index (κ1) is 18.9. The van der Waals surface area contributed by atoms with Gasteiger partial charge in [0.05, 0.1) is 17.6 Å². The standard InChI is InChI=1S/C17H24N4O4/c1-3-5-7-20(8-9-22)16(24)12-10-13-14(18-11-12)21(6-4-2)17(25)19-15(13)23/h10-11,22H,3-9H2,1-2H3,(H,19,23,25). The molecule has 25 heavy (non-hydrogen) atoms. The lowest BCUT2D eigenvalue weighted by molar-refractivity contribution is 0.0719. The molecule has 0 fully saturated rings. The van der Waals surface area contributed by atoms with Gasteiger partial charge in [-0.2, -0.15) is 0 Å². The summed E-state index contributed by atoms with van der Waals surface area (Å²) in [6, 6.07) is 1.46. The van der Waals surface area contributed by atoms with Crippen molar-refractivity contribution in [3.63, 3.8) is 0 Å². The fourth-order valence-corrected chi connectivity index (χ4v) is 2.68. The lowest BCUT2D eigenvalue weighted by Crippen LogP contribution is -2.35. The minimum absolute atomic E-state index is 0.132. The summed E-state index contributed by atoms with van der Waals surface area (Å²) < 4.78 is 1.40. The van der Waals surface area contributed by atoms with Crippen LogP contribution in [0.4, 0.5) is 0 Å². The molecule has 2 aromatic heterocycles. The molecule has 0 aliphatic heterocycles. The molecular weight excluding hydrogens is 324 g/mol. The molecule has 0 aromatic carbocycles. The summed E-state index contributed by atoms with van der Waals surface area (Å²) in [6.45, 7) is 4.99. The molecular formula is C17H24N4O4. The Labute approximate surface area is 145 Å². The Kier molecular flexibility index (Phi) is 6.46. The van der Waals surface area contributed by atoms with E-state index in [0.717, 1.165) is 12.8 Å². The number of amides is 1. The number of aliphatic hydroxyl groups is 1. The number of carbonyl (C=O) groups excluding carboxylic acids is 1. The Bertz CT molecular complexity index is 856. The number of H-pyrrole nitrogens is 1. The fourth-order valence-electron chi connectivity index (χ4n) is 2.68. The molecule has 0 aliphatic rings. The van der Waals surface area contributed by atoms with Crippen molar-refractivity contribution in [1.82, 2.24) is 19.4 Å². The zero-order valence-corrected chi connectivity index (χ0v) is 14.6. The zero-order chi connectivity index (χ0) is 18.4. The molecule has 136 valence electrons. The first-order valence-corrected chi connectivity index (χ1v) is 8.56. The Balaban J connectivity index is 2.48. The lowest BCUT2D eigenvalue weighted by Gasteiger charge is -2.21. The predicted octanol–water partition coefficient (Wildman–Crippen LogP) is 0.729. The fraction of sp³-hybridized carbons (Fsp3) is 0.529. The number of hydrogen-bond acceptors (Lipinski definition) is 5. The lowest BCUT2D eigenvalue weighted by atomic mass is 10.2. The minimum Gasteiger partial charge on any atom is -0.395 e. The van der Waals surface area contributed by atoms with E-state index in [-0.39, 0.29) is 35.7 Å². The number of aromatic amines is 1. The summed E-state index contributed by atoms with van der Waals surface area (Å²) in [5, 5.41) is 9.38. The number of pyridine rings is 1. The maximum absolute atomic E-state index is 12.7. The highest BCUT2D eigenvalue weighted by molar-refractivity contribution is 5.96. The van der Waals surface area contributed by atoms with Crippen molar-refractivity contribution in [2.75, 3.05) is 19.7 Å². The number of fused-ring (bicyclic) bond motifs is 1. The highest BCUT2D eigenvalue weighted by Gasteiger charge is 2.17. The van der Waals surface area contributed by atoms with Crippen LogP contribution in [0.1, 0.15) is 43.5 Å². The van der Waals surface area contributed by atoms with Crippen LogP contribution in [-0.4, -0.2) is 50.1 Å². The normalized spacial score (nSPS) is 11.0. The van der Waals surface area contributed by atoms with Gasteiger partial charge in [-0.1, -0.05) is 20.3 Å². The summed E-state index contributed by atoms with van der Waals surface area (Å²) in [7, 11) is 0. The number of aromatic nitrogens is 3. The molecule has 8 nitrogen and oxygen atoms in total. The summed E-state index contributed by atoms with van der Waals surface area (Å²) in [4.78, 5) is 44.7. The Morgan fingerprint density at radius 3 is 2.68 bits per heavy atom. The second-order valence-corrected chi connectivity index (χ2v) is 5.88. The third-order valence-electron chi connectivity index (χ3n) is 3.97. The molecule has 2 heterocycles. The van der Waals surface area contributed by atoms with Gasteiger partial charge in [-0.3, -0.25) is 19.1 Å². The van der Waals surface area contributed by atoms with Crippen LogP contribution in [0, 0.1) is 0 Å². The molecule has 0 unspecified atom stereocenters. The number of rotatable bonds is 8. The number of aliphatic hydroxyl groups excluding tert-OH is 1. The van der Waals surface area contributed by atoms with E-state index in [0.29, 0.717) is 19.5 Å². The summed E-state index contributed by atoms with van der Waals surface area (Å²) >= 11 is 0. The van der Waals surface area contributed by atoms with Gasteiger partial charge in [0.2, 0.25) is 0 Å². The monoisotopic (exact) mass is 348 g/mol. The molecule has 2 aromatic rings. The van der Waals surface area contributed by atoms with Gasteiger partial charge in [-0.25, -0.2) is 9.78 Å². The predicted molar refractivity (Wildman–Crippen MR) is 94.8 cm³/mol. The second-order valence-electron chi connectivity index (χ2n) is 5.88. The molecule has 1 amide bonds. The SMILES string of the molecule is CCCCN(CCO)C(=O)c1cnc2c(c1)c(=O)[nH]c(=O)n2CCC. The van der Waals surface area contributed by atoms with Crippen molar-refractivity contribution in [1.29, 1.82) is 0 Å². The van der Waals surface area contributed by atoms with Gasteiger partial charge in [0.1, 0.15) is 5.65 Å². The summed E-state index contributed by atoms with van der Waals surface area (Å²) in [6.07, 6.45) is 3.84. The number of nitrogens with zero attached hydrogens (tertiary/aromatic N) is 3. The zero-order valence-electron chi connectivity index (χ0n) is 14.6. The van der Waals surface area contributed by atoms with Gasteiger partial charge in [-0.05, 0) is 18.9 Å². The number of aryl methyl sites for hydroxylation is 1. The quantitative estimate of drug-likeness (QED) is 0.731. The molecule has 0 spiro atoms. The van der Waals surface area contributed by atoms with E-state index in [1.165, 1.54) is 16.8 Å². The van der Waals surface area contributed by atoms with Crippen molar-refractivity contribution in [2.24, 2.45) is 0 Å². The van der Waals surface area contributed by atoms with Gasteiger partial charge in [-0.15, -0.1) is 0 Å². The van der Waals surface area contributed by atoms with Gasteiger partial charge in [0.25, 0.3) is 11.5 Å². The summed E-state index contributed by atoms with van der Waals surface area (Å²) in [5.74, 6) is -0.287. The second kappa shape index (κ2) is 8.57. The average Bonchev–Trinajstić information content (AvgIpc) is 2.61. The molecule has 2 rings (SSSR count). The van der Waals surface area contributed by atoms with Crippen molar-refractivity contribution in [2.45, 2.75) is 39.7 Å². The van der Waals surface area contributed by atoms with Crippen LogP contribution in [0.5, 0.6) is 0 Å². The average molecular weight is 348 g/mol. The molecule has 0 atom stereocenters. The van der Waals surface area contributed by atoms with Gasteiger partial charge >= 0.3 is 5.69 Å². The molecule has 0 bridgehead atoms. The van der Waals surface area contributed by atoms with E-state index in [9.17, 15) is 19.5 Å². The van der Waals surface area contributed by atoms with Crippen LogP contribution in [0.15, 0.2) is 21.9 Å². The number of carbonyl (C=O) groups is 1. The maximum atomic E-state index is 12.7. The van der Waals surface area contributed by atoms with E-state index < -0.39 is 11.2 Å². The van der Waals surface area contributed by atoms with Gasteiger partial charge in [0, 0.05) is 25.8 Å². The number of hydrogen-bond donors (Lipinski definition) is 2. The molecule has 2 N–H and O–H groups in total. The van der Waals surface area contributed by atoms with Crippen molar-refractivity contribution in [3.05, 3.63) is 38.7 Å². The van der Waals surface area contributed by atoms with Crippen LogP contribution in [0.25, 0.3) is 11.0 Å². The molecule has 0 aliphatic carbocycles. The van der Waals surface area contributed by atoms with Crippen LogP contribution < -0.4 is 11.2 Å². The smallest absolute Gasteiger partial charge is 0.329 e. The largest absolute Gasteiger partial charge is 0.395 e. The van der Waals surface area contributed by atoms with Crippen LogP contribution in [0.3, 0.4) is 0 Å². The Hall–Kier alpha value is -2.48. The highest BCUT2D eigenvalue weighted by atomic mass is 16.3. The van der Waals surface area contributed by atoms with Crippen molar-refractivity contribution in [3.8, 4) is 0 Å². The summed E-state index contributed by atoms with van der Waals surface area (Å²) in [5.41, 5.74) is -0.522. The maximum Gasteiger partial charge on any atom is 0.329 e. The van der Waals surface area contributed by atoms with Crippen LogP contribution in [0.2, 0.25) is 0 Å². The van der Waals surface area contributed by atoms with E-state index in [1.807, 2.05) is 13.8 Å². The van der Waals surface area contributed by atoms with Crippen LogP contribution in [-0.2, 0) is 6.54 Å². The van der Waals surface area contributed by atoms with Gasteiger partial charge in [0.15, 0.2) is 0 Å². The Morgan fingerprint density at radius 2 is 2.04 bits per heavy atom. The third-order valence-corrected chi connectivity index (χ3v) is 3.97. The first-order chi connectivity index (χ1) is 12.0. The Morgan fingerprint density at radius 1 is 1.28 bits per heavy atom. The van der Waals surface area contributed by atoms with E-state index in [4.69, 9.17) is 0 Å². The molecule has 0 saturated heterocycles. The topological polar surface area (TPSA) is 108 Å². The first-order valence-electron chi connectivity index (χ1n) is 8.56. The minimum atomic E-state index is -0.559. The van der Waals surface area contributed by atoms with Crippen LogP contribution >= 0.6 is 0 Å².